The summed E-state index contributed by atoms with van der Waals surface area (Å²) < 4.78 is 1.87. The largest absolute Gasteiger partial charge is 0.359 e. The number of aryl methyl sites for hydroxylation is 1. The second-order valence-corrected chi connectivity index (χ2v) is 7.29. The molecule has 1 aliphatic heterocycles. The summed E-state index contributed by atoms with van der Waals surface area (Å²) in [5, 5.41) is 4.38. The van der Waals surface area contributed by atoms with Crippen molar-refractivity contribution in [3.05, 3.63) is 24.0 Å². The summed E-state index contributed by atoms with van der Waals surface area (Å²) >= 11 is 0. The van der Waals surface area contributed by atoms with Crippen molar-refractivity contribution in [1.82, 2.24) is 19.5 Å². The Hall–Kier alpha value is -2.11. The van der Waals surface area contributed by atoms with Crippen LogP contribution < -0.4 is 4.90 Å². The number of carbonyl (C=O) groups excluding carboxylic acids is 1. The quantitative estimate of drug-likeness (QED) is 0.864. The van der Waals surface area contributed by atoms with E-state index in [0.717, 1.165) is 30.2 Å². The molecule has 2 fully saturated rings. The third-order valence-electron chi connectivity index (χ3n) is 5.40. The minimum Gasteiger partial charge on any atom is -0.359 e. The van der Waals surface area contributed by atoms with Crippen LogP contribution in [0.1, 0.15) is 37.8 Å². The molecule has 1 saturated heterocycles. The van der Waals surface area contributed by atoms with Crippen molar-refractivity contribution in [2.75, 3.05) is 25.0 Å². The summed E-state index contributed by atoms with van der Waals surface area (Å²) in [7, 11) is 2.08. The molecule has 2 aliphatic rings. The fraction of sp³-hybridized carbons (Fsp3) is 0.611. The predicted octanol–water partition coefficient (Wildman–Crippen LogP) is 2.27. The number of anilines is 1. The predicted molar refractivity (Wildman–Crippen MR) is 93.1 cm³/mol. The van der Waals surface area contributed by atoms with Crippen molar-refractivity contribution in [2.24, 2.45) is 5.92 Å². The molecule has 24 heavy (non-hydrogen) atoms. The maximum atomic E-state index is 12.4. The van der Waals surface area contributed by atoms with Gasteiger partial charge in [0.05, 0.1) is 6.20 Å². The number of nitrogens with zero attached hydrogens (tertiary/aromatic N) is 5. The molecule has 1 saturated carbocycles. The molecule has 1 atom stereocenters. The number of aromatic nitrogens is 3. The molecule has 6 heteroatoms. The van der Waals surface area contributed by atoms with E-state index in [4.69, 9.17) is 0 Å². The average molecular weight is 327 g/mol. The molecule has 0 radical (unpaired) electrons. The molecule has 0 bridgehead atoms. The van der Waals surface area contributed by atoms with Gasteiger partial charge in [-0.25, -0.2) is 4.98 Å². The van der Waals surface area contributed by atoms with E-state index in [2.05, 4.69) is 33.0 Å². The molecule has 4 rings (SSSR count). The van der Waals surface area contributed by atoms with Gasteiger partial charge in [0.25, 0.3) is 0 Å². The molecule has 3 heterocycles. The van der Waals surface area contributed by atoms with E-state index in [9.17, 15) is 4.79 Å². The highest BCUT2D eigenvalue weighted by Gasteiger charge is 2.35. The molecule has 2 aromatic heterocycles. The van der Waals surface area contributed by atoms with E-state index < -0.39 is 0 Å². The van der Waals surface area contributed by atoms with Crippen LogP contribution in [0.4, 0.5) is 5.82 Å². The summed E-state index contributed by atoms with van der Waals surface area (Å²) in [6.07, 6.45) is 7.36. The monoisotopic (exact) mass is 327 g/mol. The SMILES string of the molecule is Cc1cc(N(C)CC2CC(=O)N(C3CCCC3)C2)n2nccc2n1. The number of hydrogen-bond donors (Lipinski definition) is 0. The van der Waals surface area contributed by atoms with Gasteiger partial charge >= 0.3 is 0 Å². The van der Waals surface area contributed by atoms with E-state index in [-0.39, 0.29) is 0 Å². The van der Waals surface area contributed by atoms with Crippen molar-refractivity contribution in [3.63, 3.8) is 0 Å². The Morgan fingerprint density at radius 1 is 1.33 bits per heavy atom. The van der Waals surface area contributed by atoms with Gasteiger partial charge in [0.15, 0.2) is 5.65 Å². The minimum atomic E-state index is 0.343. The molecule has 0 spiro atoms. The molecule has 128 valence electrons. The van der Waals surface area contributed by atoms with Gasteiger partial charge in [-0.1, -0.05) is 12.8 Å². The lowest BCUT2D eigenvalue weighted by atomic mass is 10.1. The van der Waals surface area contributed by atoms with Crippen LogP contribution in [0.25, 0.3) is 5.65 Å². The fourth-order valence-corrected chi connectivity index (χ4v) is 4.27. The van der Waals surface area contributed by atoms with Crippen molar-refractivity contribution >= 4 is 17.4 Å². The second-order valence-electron chi connectivity index (χ2n) is 7.29. The van der Waals surface area contributed by atoms with Crippen LogP contribution in [0.5, 0.6) is 0 Å². The average Bonchev–Trinajstić information content (AvgIpc) is 3.26. The third-order valence-corrected chi connectivity index (χ3v) is 5.40. The lowest BCUT2D eigenvalue weighted by Gasteiger charge is -2.26. The van der Waals surface area contributed by atoms with E-state index in [1.165, 1.54) is 25.7 Å². The van der Waals surface area contributed by atoms with E-state index in [1.807, 2.05) is 17.5 Å². The van der Waals surface area contributed by atoms with Gasteiger partial charge in [0, 0.05) is 56.3 Å². The first-order valence-corrected chi connectivity index (χ1v) is 8.94. The van der Waals surface area contributed by atoms with E-state index >= 15 is 0 Å². The number of rotatable bonds is 4. The summed E-state index contributed by atoms with van der Waals surface area (Å²) in [4.78, 5) is 21.3. The Morgan fingerprint density at radius 3 is 2.92 bits per heavy atom. The zero-order valence-electron chi connectivity index (χ0n) is 14.5. The van der Waals surface area contributed by atoms with Gasteiger partial charge in [0.2, 0.25) is 5.91 Å². The van der Waals surface area contributed by atoms with Crippen LogP contribution in [0, 0.1) is 12.8 Å². The van der Waals surface area contributed by atoms with Gasteiger partial charge in [-0.2, -0.15) is 9.61 Å². The highest BCUT2D eigenvalue weighted by Crippen LogP contribution is 2.30. The van der Waals surface area contributed by atoms with Crippen molar-refractivity contribution < 1.29 is 4.79 Å². The standard InChI is InChI=1S/C18H25N5O/c1-13-9-17(23-16(20-13)7-8-19-23)21(2)11-14-10-18(24)22(12-14)15-5-3-4-6-15/h7-9,14-15H,3-6,10-12H2,1-2H3. The topological polar surface area (TPSA) is 53.7 Å². The Morgan fingerprint density at radius 2 is 2.12 bits per heavy atom. The van der Waals surface area contributed by atoms with Gasteiger partial charge < -0.3 is 9.80 Å². The fourth-order valence-electron chi connectivity index (χ4n) is 4.27. The summed E-state index contributed by atoms with van der Waals surface area (Å²) in [5.74, 6) is 1.77. The first kappa shape index (κ1) is 15.4. The number of likely N-dealkylation sites (tertiary alicyclic amines) is 1. The van der Waals surface area contributed by atoms with Crippen LogP contribution in [-0.2, 0) is 4.79 Å². The lowest BCUT2D eigenvalue weighted by molar-refractivity contribution is -0.129. The lowest BCUT2D eigenvalue weighted by Crippen LogP contribution is -2.35. The third kappa shape index (κ3) is 2.74. The van der Waals surface area contributed by atoms with Crippen molar-refractivity contribution in [1.29, 1.82) is 0 Å². The smallest absolute Gasteiger partial charge is 0.223 e. The maximum absolute atomic E-state index is 12.4. The number of hydrogen-bond acceptors (Lipinski definition) is 4. The molecular formula is C18H25N5O. The molecule has 6 nitrogen and oxygen atoms in total. The minimum absolute atomic E-state index is 0.343. The Bertz CT molecular complexity index is 749. The van der Waals surface area contributed by atoms with Crippen LogP contribution in [0.3, 0.4) is 0 Å². The highest BCUT2D eigenvalue weighted by atomic mass is 16.2. The second kappa shape index (κ2) is 6.07. The zero-order valence-corrected chi connectivity index (χ0v) is 14.5. The summed E-state index contributed by atoms with van der Waals surface area (Å²) in [6, 6.07) is 4.48. The highest BCUT2D eigenvalue weighted by molar-refractivity contribution is 5.79. The molecule has 2 aromatic rings. The van der Waals surface area contributed by atoms with E-state index in [1.54, 1.807) is 6.20 Å². The Kier molecular flexibility index (Phi) is 3.90. The Balaban J connectivity index is 1.48. The van der Waals surface area contributed by atoms with E-state index in [0.29, 0.717) is 24.3 Å². The first-order chi connectivity index (χ1) is 11.6. The number of fused-ring (bicyclic) bond motifs is 1. The van der Waals surface area contributed by atoms with Crippen LogP contribution in [0.15, 0.2) is 18.3 Å². The Labute approximate surface area is 142 Å². The molecule has 0 N–H and O–H groups in total. The van der Waals surface area contributed by atoms with Crippen LogP contribution in [-0.4, -0.2) is 51.6 Å². The summed E-state index contributed by atoms with van der Waals surface area (Å²) in [6.45, 7) is 3.78. The first-order valence-electron chi connectivity index (χ1n) is 8.94. The summed E-state index contributed by atoms with van der Waals surface area (Å²) in [5.41, 5.74) is 1.85. The maximum Gasteiger partial charge on any atom is 0.223 e. The zero-order chi connectivity index (χ0) is 16.7. The molecule has 1 unspecified atom stereocenters. The van der Waals surface area contributed by atoms with Gasteiger partial charge in [-0.05, 0) is 19.8 Å². The molecular weight excluding hydrogens is 302 g/mol. The molecule has 1 aliphatic carbocycles. The number of amides is 1. The van der Waals surface area contributed by atoms with Gasteiger partial charge in [-0.3, -0.25) is 4.79 Å². The normalized spacial score (nSPS) is 22.0. The van der Waals surface area contributed by atoms with Crippen molar-refractivity contribution in [2.45, 2.75) is 45.1 Å². The van der Waals surface area contributed by atoms with Crippen molar-refractivity contribution in [3.8, 4) is 0 Å². The van der Waals surface area contributed by atoms with Crippen LogP contribution >= 0.6 is 0 Å². The van der Waals surface area contributed by atoms with Crippen LogP contribution in [0.2, 0.25) is 0 Å². The van der Waals surface area contributed by atoms with Gasteiger partial charge in [0.1, 0.15) is 5.82 Å². The number of carbonyl (C=O) groups is 1. The van der Waals surface area contributed by atoms with Gasteiger partial charge in [-0.15, -0.1) is 0 Å². The molecule has 1 amide bonds. The molecule has 0 aromatic carbocycles.